The third-order valence-corrected chi connectivity index (χ3v) is 9.17. The minimum atomic E-state index is 0.380. The van der Waals surface area contributed by atoms with E-state index in [0.29, 0.717) is 63.9 Å². The van der Waals surface area contributed by atoms with Gasteiger partial charge in [0.1, 0.15) is 17.8 Å². The summed E-state index contributed by atoms with van der Waals surface area (Å²) in [5, 5.41) is 18.4. The predicted molar refractivity (Wildman–Crippen MR) is 199 cm³/mol. The SMILES string of the molecule is C/C=C(/C)O.CCC1(CC)CCN(CCCOc2cc3ncnc(Oc4ccc(NC)c(Cl)c4)c3cc2OC)CC1.Cc1cc(NC=O)no1. The van der Waals surface area contributed by atoms with Gasteiger partial charge in [0.05, 0.1) is 41.1 Å². The van der Waals surface area contributed by atoms with E-state index in [0.717, 1.165) is 29.6 Å². The number of allylic oxidation sites excluding steroid dienone is 2. The van der Waals surface area contributed by atoms with E-state index in [4.69, 9.17) is 30.9 Å². The number of aryl methyl sites for hydroxylation is 1. The van der Waals surface area contributed by atoms with E-state index in [-0.39, 0.29) is 0 Å². The van der Waals surface area contributed by atoms with E-state index >= 15 is 0 Å². The molecule has 5 rings (SSSR count). The molecule has 0 spiro atoms. The highest BCUT2D eigenvalue weighted by molar-refractivity contribution is 6.33. The fraction of sp³-hybridized carbons (Fsp3) is 0.459. The minimum Gasteiger partial charge on any atom is -0.513 e. The Labute approximate surface area is 300 Å². The number of anilines is 2. The number of fused-ring (bicyclic) bond motifs is 1. The summed E-state index contributed by atoms with van der Waals surface area (Å²) < 4.78 is 22.4. The lowest BCUT2D eigenvalue weighted by atomic mass is 9.74. The quantitative estimate of drug-likeness (QED) is 0.0695. The molecule has 1 amide bonds. The molecule has 272 valence electrons. The minimum absolute atomic E-state index is 0.380. The van der Waals surface area contributed by atoms with Crippen molar-refractivity contribution in [3.63, 3.8) is 0 Å². The molecule has 0 unspecified atom stereocenters. The Balaban J connectivity index is 0.000000402. The number of carbonyl (C=O) groups is 1. The molecule has 2 aromatic heterocycles. The van der Waals surface area contributed by atoms with Crippen molar-refractivity contribution in [2.45, 2.75) is 66.7 Å². The molecule has 3 N–H and O–H groups in total. The Kier molecular flexibility index (Phi) is 16.1. The van der Waals surface area contributed by atoms with Crippen LogP contribution in [0.1, 0.15) is 65.6 Å². The van der Waals surface area contributed by atoms with Gasteiger partial charge in [-0.15, -0.1) is 0 Å². The molecule has 0 radical (unpaired) electrons. The molecule has 4 aromatic rings. The van der Waals surface area contributed by atoms with Crippen molar-refractivity contribution in [3.8, 4) is 23.1 Å². The molecule has 12 nitrogen and oxygen atoms in total. The highest BCUT2D eigenvalue weighted by Crippen LogP contribution is 2.39. The number of methoxy groups -OCH3 is 1. The summed E-state index contributed by atoms with van der Waals surface area (Å²) in [7, 11) is 3.46. The first kappa shape index (κ1) is 39.9. The highest BCUT2D eigenvalue weighted by Gasteiger charge is 2.30. The molecular formula is C37H51ClN6O6. The second-order valence-corrected chi connectivity index (χ2v) is 12.4. The Hall–Kier alpha value is -4.55. The second-order valence-electron chi connectivity index (χ2n) is 12.0. The number of piperidine rings is 1. The van der Waals surface area contributed by atoms with Gasteiger partial charge in [0, 0.05) is 31.8 Å². The van der Waals surface area contributed by atoms with Gasteiger partial charge >= 0.3 is 0 Å². The Morgan fingerprint density at radius 1 is 1.12 bits per heavy atom. The van der Waals surface area contributed by atoms with Crippen molar-refractivity contribution >= 4 is 40.4 Å². The van der Waals surface area contributed by atoms with E-state index in [1.54, 1.807) is 46.1 Å². The number of nitrogens with zero attached hydrogens (tertiary/aromatic N) is 4. The molecule has 2 aromatic carbocycles. The molecule has 3 heterocycles. The monoisotopic (exact) mass is 710 g/mol. The van der Waals surface area contributed by atoms with Crippen LogP contribution in [0.25, 0.3) is 10.9 Å². The molecular weight excluding hydrogens is 660 g/mol. The van der Waals surface area contributed by atoms with E-state index in [1.807, 2.05) is 31.3 Å². The normalized spacial score (nSPS) is 14.0. The summed E-state index contributed by atoms with van der Waals surface area (Å²) in [5.74, 6) is 3.82. The van der Waals surface area contributed by atoms with Gasteiger partial charge in [0.25, 0.3) is 0 Å². The van der Waals surface area contributed by atoms with Crippen molar-refractivity contribution in [1.82, 2.24) is 20.0 Å². The first-order valence-electron chi connectivity index (χ1n) is 16.9. The van der Waals surface area contributed by atoms with Crippen LogP contribution in [0.4, 0.5) is 11.5 Å². The number of carbonyl (C=O) groups excluding carboxylic acids is 1. The number of aliphatic hydroxyl groups is 1. The lowest BCUT2D eigenvalue weighted by Gasteiger charge is -2.41. The van der Waals surface area contributed by atoms with E-state index < -0.39 is 0 Å². The van der Waals surface area contributed by atoms with E-state index in [1.165, 1.54) is 45.1 Å². The number of ether oxygens (including phenoxy) is 3. The van der Waals surface area contributed by atoms with Crippen molar-refractivity contribution in [3.05, 3.63) is 65.3 Å². The number of aromatic nitrogens is 3. The van der Waals surface area contributed by atoms with Crippen LogP contribution in [0.15, 0.2) is 59.1 Å². The van der Waals surface area contributed by atoms with Gasteiger partial charge in [0.2, 0.25) is 12.3 Å². The van der Waals surface area contributed by atoms with Crippen molar-refractivity contribution < 1.29 is 28.6 Å². The third kappa shape index (κ3) is 11.8. The van der Waals surface area contributed by atoms with E-state index in [9.17, 15) is 4.79 Å². The maximum absolute atomic E-state index is 9.79. The number of benzene rings is 2. The fourth-order valence-electron chi connectivity index (χ4n) is 5.44. The van der Waals surface area contributed by atoms with Crippen molar-refractivity contribution in [1.29, 1.82) is 0 Å². The van der Waals surface area contributed by atoms with Crippen LogP contribution in [0.2, 0.25) is 5.02 Å². The molecule has 0 saturated carbocycles. The van der Waals surface area contributed by atoms with Crippen LogP contribution in [0.3, 0.4) is 0 Å². The largest absolute Gasteiger partial charge is 0.513 e. The maximum Gasteiger partial charge on any atom is 0.230 e. The molecule has 50 heavy (non-hydrogen) atoms. The van der Waals surface area contributed by atoms with Crippen LogP contribution in [0.5, 0.6) is 23.1 Å². The van der Waals surface area contributed by atoms with Crippen LogP contribution in [-0.2, 0) is 4.79 Å². The highest BCUT2D eigenvalue weighted by atomic mass is 35.5. The first-order chi connectivity index (χ1) is 24.1. The summed E-state index contributed by atoms with van der Waals surface area (Å²) in [6, 6.07) is 10.8. The summed E-state index contributed by atoms with van der Waals surface area (Å²) in [6.07, 6.45) is 9.82. The van der Waals surface area contributed by atoms with Crippen LogP contribution in [-0.4, -0.2) is 71.9 Å². The Morgan fingerprint density at radius 3 is 2.40 bits per heavy atom. The zero-order valence-electron chi connectivity index (χ0n) is 30.2. The van der Waals surface area contributed by atoms with Crippen LogP contribution in [0, 0.1) is 12.3 Å². The third-order valence-electron chi connectivity index (χ3n) is 8.85. The molecule has 1 saturated heterocycles. The maximum atomic E-state index is 9.79. The predicted octanol–water partition coefficient (Wildman–Crippen LogP) is 8.82. The molecule has 0 atom stereocenters. The number of halogens is 1. The number of nitrogens with one attached hydrogen (secondary N) is 2. The first-order valence-corrected chi connectivity index (χ1v) is 17.3. The van der Waals surface area contributed by atoms with Gasteiger partial charge in [0.15, 0.2) is 17.3 Å². The summed E-state index contributed by atoms with van der Waals surface area (Å²) in [4.78, 5) is 21.1. The van der Waals surface area contributed by atoms with Gasteiger partial charge in [-0.2, -0.15) is 0 Å². The number of aliphatic hydroxyl groups excluding tert-OH is 1. The summed E-state index contributed by atoms with van der Waals surface area (Å²) in [5.41, 5.74) is 2.11. The Bertz CT molecular complexity index is 1660. The van der Waals surface area contributed by atoms with Gasteiger partial charge in [-0.25, -0.2) is 9.97 Å². The zero-order chi connectivity index (χ0) is 36.5. The lowest BCUT2D eigenvalue weighted by Crippen LogP contribution is -2.40. The summed E-state index contributed by atoms with van der Waals surface area (Å²) in [6.45, 7) is 13.9. The molecule has 1 aliphatic rings. The molecule has 1 aliphatic heterocycles. The number of likely N-dealkylation sites (tertiary alicyclic amines) is 1. The van der Waals surface area contributed by atoms with Gasteiger partial charge in [-0.3, -0.25) is 4.79 Å². The van der Waals surface area contributed by atoms with Crippen molar-refractivity contribution in [2.24, 2.45) is 5.41 Å². The topological polar surface area (TPSA) is 144 Å². The molecule has 1 fully saturated rings. The zero-order valence-corrected chi connectivity index (χ0v) is 31.0. The molecule has 13 heteroatoms. The number of hydrogen-bond donors (Lipinski definition) is 3. The lowest BCUT2D eigenvalue weighted by molar-refractivity contribution is -0.105. The standard InChI is InChI=1S/C28H37ClN4O3.C5H6N2O2.C4H8O/c1-5-28(6-2)10-13-33(14-11-28)12-7-15-35-26-18-24-21(17-25(26)34-4)27(32-19-31-24)36-20-8-9-23(30-3)22(29)16-20;1-4-2-5(6-3-8)7-9-4;1-3-4(2)5/h8-9,16-19,30H,5-7,10-15H2,1-4H3;2-3H,1H3,(H,6,7,8);3,5H,1-2H3/b;;4-3-. The van der Waals surface area contributed by atoms with Crippen molar-refractivity contribution in [2.75, 3.05) is 51.0 Å². The van der Waals surface area contributed by atoms with Crippen LogP contribution < -0.4 is 24.8 Å². The van der Waals surface area contributed by atoms with Gasteiger partial charge < -0.3 is 39.4 Å². The number of amides is 1. The molecule has 0 bridgehead atoms. The second kappa shape index (κ2) is 20.2. The number of hydrogen-bond acceptors (Lipinski definition) is 11. The Morgan fingerprint density at radius 2 is 1.84 bits per heavy atom. The fourth-order valence-corrected chi connectivity index (χ4v) is 5.71. The molecule has 0 aliphatic carbocycles. The average molecular weight is 711 g/mol. The van der Waals surface area contributed by atoms with Crippen LogP contribution >= 0.6 is 11.6 Å². The van der Waals surface area contributed by atoms with Gasteiger partial charge in [-0.05, 0) is 76.7 Å². The number of rotatable bonds is 13. The summed E-state index contributed by atoms with van der Waals surface area (Å²) >= 11 is 6.30. The van der Waals surface area contributed by atoms with E-state index in [2.05, 4.69) is 49.0 Å². The smallest absolute Gasteiger partial charge is 0.230 e. The average Bonchev–Trinajstić information content (AvgIpc) is 3.55. The van der Waals surface area contributed by atoms with Gasteiger partial charge in [-0.1, -0.05) is 49.5 Å².